The predicted octanol–water partition coefficient (Wildman–Crippen LogP) is 6.93. The number of carbonyl (C=O) groups is 2. The number of anilines is 1. The Morgan fingerprint density at radius 1 is 1.03 bits per heavy atom. The molecule has 0 saturated carbocycles. The van der Waals surface area contributed by atoms with Gasteiger partial charge in [-0.05, 0) is 48.6 Å². The number of hydrogen-bond acceptors (Lipinski definition) is 6. The monoisotopic (exact) mass is 526 g/mol. The number of thiazole rings is 1. The third-order valence-electron chi connectivity index (χ3n) is 6.73. The molecule has 4 aromatic rings. The first-order chi connectivity index (χ1) is 18.1. The lowest BCUT2D eigenvalue weighted by molar-refractivity contribution is -0.132. The molecule has 1 saturated heterocycles. The molecule has 1 fully saturated rings. The molecule has 1 unspecified atom stereocenters. The highest BCUT2D eigenvalue weighted by atomic mass is 32.1. The molecule has 0 spiro atoms. The number of carbonyl (C=O) groups excluding carboxylic acids is 2. The SMILES string of the molecule is CCOc1ccc2nc(N3C(=O)C(=O)/C(=C(\O)c4ccc(C)cc4)C3c3ccc(C(C)(C)C)cc3)sc2c1. The Morgan fingerprint density at radius 3 is 2.34 bits per heavy atom. The molecule has 7 heteroatoms. The Balaban J connectivity index is 1.69. The van der Waals surface area contributed by atoms with Crippen LogP contribution in [0.5, 0.6) is 5.75 Å². The van der Waals surface area contributed by atoms with Gasteiger partial charge in [-0.3, -0.25) is 14.5 Å². The second-order valence-electron chi connectivity index (χ2n) is 10.5. The zero-order valence-electron chi connectivity index (χ0n) is 22.1. The van der Waals surface area contributed by atoms with Crippen molar-refractivity contribution in [3.8, 4) is 5.75 Å². The normalized spacial score (nSPS) is 17.4. The van der Waals surface area contributed by atoms with Gasteiger partial charge in [-0.2, -0.15) is 0 Å². The number of hydrogen-bond donors (Lipinski definition) is 1. The minimum Gasteiger partial charge on any atom is -0.507 e. The Hall–Kier alpha value is -3.97. The lowest BCUT2D eigenvalue weighted by Gasteiger charge is -2.24. The highest BCUT2D eigenvalue weighted by molar-refractivity contribution is 7.22. The Bertz CT molecular complexity index is 1560. The van der Waals surface area contributed by atoms with Crippen molar-refractivity contribution in [2.45, 2.75) is 46.1 Å². The van der Waals surface area contributed by atoms with Crippen molar-refractivity contribution in [2.75, 3.05) is 11.5 Å². The van der Waals surface area contributed by atoms with Crippen molar-refractivity contribution in [1.29, 1.82) is 0 Å². The molecule has 0 radical (unpaired) electrons. The second kappa shape index (κ2) is 9.72. The van der Waals surface area contributed by atoms with Crippen LogP contribution in [-0.2, 0) is 15.0 Å². The van der Waals surface area contributed by atoms with Gasteiger partial charge in [-0.1, -0.05) is 86.2 Å². The maximum Gasteiger partial charge on any atom is 0.301 e. The van der Waals surface area contributed by atoms with Crippen LogP contribution < -0.4 is 9.64 Å². The first-order valence-corrected chi connectivity index (χ1v) is 13.4. The van der Waals surface area contributed by atoms with Crippen LogP contribution in [0.2, 0.25) is 0 Å². The fourth-order valence-corrected chi connectivity index (χ4v) is 5.65. The second-order valence-corrected chi connectivity index (χ2v) is 11.5. The van der Waals surface area contributed by atoms with Crippen LogP contribution in [0.15, 0.2) is 72.3 Å². The molecule has 3 aromatic carbocycles. The quantitative estimate of drug-likeness (QED) is 0.173. The molecule has 194 valence electrons. The molecule has 0 aliphatic carbocycles. The average Bonchev–Trinajstić information content (AvgIpc) is 3.41. The molecule has 2 heterocycles. The van der Waals surface area contributed by atoms with Gasteiger partial charge in [0.25, 0.3) is 5.78 Å². The van der Waals surface area contributed by atoms with Gasteiger partial charge in [0.15, 0.2) is 5.13 Å². The van der Waals surface area contributed by atoms with Crippen molar-refractivity contribution >= 4 is 44.1 Å². The number of Topliss-reactive ketones (excluding diaryl/α,β-unsaturated/α-hetero) is 1. The third-order valence-corrected chi connectivity index (χ3v) is 7.75. The summed E-state index contributed by atoms with van der Waals surface area (Å²) in [5.41, 5.74) is 4.05. The number of aryl methyl sites for hydroxylation is 1. The van der Waals surface area contributed by atoms with E-state index in [0.29, 0.717) is 28.6 Å². The van der Waals surface area contributed by atoms with Crippen LogP contribution in [0, 0.1) is 6.92 Å². The van der Waals surface area contributed by atoms with Gasteiger partial charge in [0.05, 0.1) is 28.4 Å². The topological polar surface area (TPSA) is 79.7 Å². The van der Waals surface area contributed by atoms with Gasteiger partial charge in [-0.15, -0.1) is 0 Å². The van der Waals surface area contributed by atoms with Crippen molar-refractivity contribution in [3.63, 3.8) is 0 Å². The molecule has 0 bridgehead atoms. The standard InChI is InChI=1S/C31H30N2O4S/c1-6-37-22-15-16-23-24(17-22)38-30(32-23)33-26(19-11-13-21(14-12-19)31(3,4)5)25(28(35)29(33)36)27(34)20-9-7-18(2)8-10-20/h7-17,26,34H,6H2,1-5H3/b27-25-. The Morgan fingerprint density at radius 2 is 1.71 bits per heavy atom. The fraction of sp³-hybridized carbons (Fsp3) is 0.258. The first kappa shape index (κ1) is 25.7. The first-order valence-electron chi connectivity index (χ1n) is 12.6. The lowest BCUT2D eigenvalue weighted by Crippen LogP contribution is -2.29. The van der Waals surface area contributed by atoms with Crippen LogP contribution in [0.25, 0.3) is 16.0 Å². The van der Waals surface area contributed by atoms with E-state index in [1.54, 1.807) is 12.1 Å². The van der Waals surface area contributed by atoms with Crippen molar-refractivity contribution in [2.24, 2.45) is 0 Å². The van der Waals surface area contributed by atoms with Crippen molar-refractivity contribution < 1.29 is 19.4 Å². The van der Waals surface area contributed by atoms with Crippen molar-refractivity contribution in [1.82, 2.24) is 4.98 Å². The van der Waals surface area contributed by atoms with E-state index < -0.39 is 17.7 Å². The number of fused-ring (bicyclic) bond motifs is 1. The number of nitrogens with zero attached hydrogens (tertiary/aromatic N) is 2. The molecule has 6 nitrogen and oxygen atoms in total. The summed E-state index contributed by atoms with van der Waals surface area (Å²) < 4.78 is 6.47. The molecule has 1 amide bonds. The number of ketones is 1. The van der Waals surface area contributed by atoms with Crippen LogP contribution in [-0.4, -0.2) is 28.4 Å². The minimum atomic E-state index is -0.822. The number of amides is 1. The van der Waals surface area contributed by atoms with E-state index in [0.717, 1.165) is 21.4 Å². The molecule has 38 heavy (non-hydrogen) atoms. The maximum absolute atomic E-state index is 13.5. The Kier molecular flexibility index (Phi) is 6.57. The van der Waals surface area contributed by atoms with Crippen LogP contribution >= 0.6 is 11.3 Å². The van der Waals surface area contributed by atoms with Crippen LogP contribution in [0.1, 0.15) is 56.0 Å². The zero-order chi connectivity index (χ0) is 27.2. The van der Waals surface area contributed by atoms with E-state index in [1.165, 1.54) is 16.2 Å². The highest BCUT2D eigenvalue weighted by Gasteiger charge is 2.48. The molecular weight excluding hydrogens is 496 g/mol. The number of aliphatic hydroxyl groups excluding tert-OH is 1. The molecular formula is C31H30N2O4S. The van der Waals surface area contributed by atoms with Gasteiger partial charge < -0.3 is 9.84 Å². The number of ether oxygens (including phenoxy) is 1. The minimum absolute atomic E-state index is 0.0524. The maximum atomic E-state index is 13.5. The molecule has 1 N–H and O–H groups in total. The summed E-state index contributed by atoms with van der Waals surface area (Å²) in [7, 11) is 0. The van der Waals surface area contributed by atoms with Gasteiger partial charge in [0, 0.05) is 5.56 Å². The summed E-state index contributed by atoms with van der Waals surface area (Å²) in [6.07, 6.45) is 0. The smallest absolute Gasteiger partial charge is 0.301 e. The van der Waals surface area contributed by atoms with Gasteiger partial charge in [-0.25, -0.2) is 4.98 Å². The van der Waals surface area contributed by atoms with E-state index >= 15 is 0 Å². The van der Waals surface area contributed by atoms with E-state index in [-0.39, 0.29) is 16.7 Å². The van der Waals surface area contributed by atoms with Crippen LogP contribution in [0.3, 0.4) is 0 Å². The van der Waals surface area contributed by atoms with Gasteiger partial charge in [0.1, 0.15) is 11.5 Å². The van der Waals surface area contributed by atoms with Crippen LogP contribution in [0.4, 0.5) is 5.13 Å². The van der Waals surface area contributed by atoms with E-state index in [9.17, 15) is 14.7 Å². The third kappa shape index (κ3) is 4.58. The summed E-state index contributed by atoms with van der Waals surface area (Å²) in [5, 5.41) is 11.8. The van der Waals surface area contributed by atoms with Gasteiger partial charge >= 0.3 is 5.91 Å². The summed E-state index contributed by atoms with van der Waals surface area (Å²) in [6, 6.07) is 19.8. The number of aliphatic hydroxyl groups is 1. The molecule has 1 aliphatic heterocycles. The lowest BCUT2D eigenvalue weighted by atomic mass is 9.85. The number of rotatable bonds is 5. The predicted molar refractivity (Wildman–Crippen MR) is 152 cm³/mol. The number of aromatic nitrogens is 1. The van der Waals surface area contributed by atoms with Gasteiger partial charge in [0.2, 0.25) is 0 Å². The van der Waals surface area contributed by atoms with E-state index in [1.807, 2.05) is 68.4 Å². The summed E-state index contributed by atoms with van der Waals surface area (Å²) in [4.78, 5) is 33.1. The molecule has 1 aliphatic rings. The average molecular weight is 527 g/mol. The Labute approximate surface area is 226 Å². The van der Waals surface area contributed by atoms with E-state index in [4.69, 9.17) is 9.72 Å². The fourth-order valence-electron chi connectivity index (χ4n) is 4.63. The van der Waals surface area contributed by atoms with Crippen molar-refractivity contribution in [3.05, 3.63) is 94.6 Å². The molecule has 1 aromatic heterocycles. The molecule has 1 atom stereocenters. The number of benzene rings is 3. The van der Waals surface area contributed by atoms with E-state index in [2.05, 4.69) is 20.8 Å². The largest absolute Gasteiger partial charge is 0.507 e. The summed E-state index contributed by atoms with van der Waals surface area (Å²) in [6.45, 7) is 10.8. The molecule has 5 rings (SSSR count). The summed E-state index contributed by atoms with van der Waals surface area (Å²) in [5.74, 6) is -0.934. The summed E-state index contributed by atoms with van der Waals surface area (Å²) >= 11 is 1.32. The zero-order valence-corrected chi connectivity index (χ0v) is 22.9. The highest BCUT2D eigenvalue weighted by Crippen LogP contribution is 2.45.